The summed E-state index contributed by atoms with van der Waals surface area (Å²) in [4.78, 5) is 8.59. The maximum atomic E-state index is 10.7. The minimum absolute atomic E-state index is 0. The second kappa shape index (κ2) is 25.6. The molecule has 0 unspecified atom stereocenters. The molecule has 0 aromatic rings. The summed E-state index contributed by atoms with van der Waals surface area (Å²) in [6.45, 7) is 1.48. The van der Waals surface area contributed by atoms with Crippen molar-refractivity contribution in [2.75, 3.05) is 13.1 Å². The molecule has 4 fully saturated rings. The first kappa shape index (κ1) is 42.1. The second-order valence-corrected chi connectivity index (χ2v) is 7.77. The number of halogens is 3. The third-order valence-corrected chi connectivity index (χ3v) is 4.20. The van der Waals surface area contributed by atoms with E-state index in [1.807, 2.05) is 128 Å². The Hall–Kier alpha value is 0.598. The van der Waals surface area contributed by atoms with Crippen LogP contribution in [-0.2, 0) is 61.3 Å². The molecule has 0 aliphatic heterocycles. The van der Waals surface area contributed by atoms with E-state index in [2.05, 4.69) is 9.98 Å². The summed E-state index contributed by atoms with van der Waals surface area (Å²) in [5.41, 5.74) is -5.53. The molecule has 0 atom stereocenters. The van der Waals surface area contributed by atoms with Crippen molar-refractivity contribution < 1.29 is 77.3 Å². The van der Waals surface area contributed by atoms with Crippen LogP contribution in [-0.4, -0.2) is 44.0 Å². The van der Waals surface area contributed by atoms with Gasteiger partial charge in [0.1, 0.15) is 0 Å². The van der Waals surface area contributed by atoms with Gasteiger partial charge < -0.3 is 0 Å². The van der Waals surface area contributed by atoms with Gasteiger partial charge in [-0.15, -0.1) is 0 Å². The van der Waals surface area contributed by atoms with Gasteiger partial charge in [0.05, 0.1) is 13.1 Å². The molecule has 37 heavy (non-hydrogen) atoms. The van der Waals surface area contributed by atoms with Gasteiger partial charge >= 0.3 is 49.8 Å². The third-order valence-electron chi connectivity index (χ3n) is 3.62. The van der Waals surface area contributed by atoms with Crippen molar-refractivity contribution in [2.45, 2.75) is 5.51 Å². The van der Waals surface area contributed by atoms with E-state index in [9.17, 15) is 13.2 Å². The summed E-state index contributed by atoms with van der Waals surface area (Å²) >= 11 is 0. The molecular formula is C25H25CuF3Fe2N2O3S+4. The van der Waals surface area contributed by atoms with E-state index in [-0.39, 0.29) is 51.2 Å². The second-order valence-electron chi connectivity index (χ2n) is 6.35. The van der Waals surface area contributed by atoms with Gasteiger partial charge in [-0.1, -0.05) is 0 Å². The Morgan fingerprint density at radius 2 is 0.838 bits per heavy atom. The topological polar surface area (TPSA) is 79.1 Å². The number of hydrogen-bond acceptors (Lipinski definition) is 4. The summed E-state index contributed by atoms with van der Waals surface area (Å²) in [5.74, 6) is 2.31. The maximum Gasteiger partial charge on any atom is 2.00 e. The van der Waals surface area contributed by atoms with Gasteiger partial charge in [-0.3, -0.25) is 14.5 Å². The molecule has 12 heteroatoms. The van der Waals surface area contributed by atoms with E-state index in [4.69, 9.17) is 13.0 Å². The molecule has 0 amide bonds. The Kier molecular flexibility index (Phi) is 29.1. The fourth-order valence-electron chi connectivity index (χ4n) is 2.05. The average Bonchev–Trinajstić information content (AvgIpc) is 3.61. The quantitative estimate of drug-likeness (QED) is 0.156. The molecule has 5 nitrogen and oxygen atoms in total. The average molecular weight is 666 g/mol. The van der Waals surface area contributed by atoms with E-state index in [1.165, 1.54) is 0 Å². The van der Waals surface area contributed by atoms with Crippen molar-refractivity contribution in [3.05, 3.63) is 127 Å². The summed E-state index contributed by atoms with van der Waals surface area (Å²) in [6, 6.07) is 0. The molecule has 21 radical (unpaired) electrons. The monoisotopic (exact) mass is 665 g/mol. The van der Waals surface area contributed by atoms with Crippen molar-refractivity contribution >= 4 is 22.5 Å². The van der Waals surface area contributed by atoms with Crippen LogP contribution in [0.5, 0.6) is 0 Å². The summed E-state index contributed by atoms with van der Waals surface area (Å²) in [6.07, 6.45) is 40.0. The molecule has 0 aromatic heterocycles. The number of hydrogen-bond donors (Lipinski definition) is 1. The van der Waals surface area contributed by atoms with E-state index in [0.717, 1.165) is 24.9 Å². The van der Waals surface area contributed by atoms with E-state index in [0.29, 0.717) is 0 Å². The zero-order valence-corrected chi connectivity index (χ0v) is 23.1. The minimum atomic E-state index is -5.84. The zero-order chi connectivity index (χ0) is 25.1. The van der Waals surface area contributed by atoms with Gasteiger partial charge in [-0.05, 0) is 116 Å². The van der Waals surface area contributed by atoms with Crippen molar-refractivity contribution in [1.29, 1.82) is 0 Å². The Morgan fingerprint density at radius 3 is 1.03 bits per heavy atom. The van der Waals surface area contributed by atoms with Crippen LogP contribution in [0.25, 0.3) is 0 Å². The summed E-state index contributed by atoms with van der Waals surface area (Å²) in [7, 11) is -5.84. The van der Waals surface area contributed by atoms with Crippen LogP contribution >= 0.6 is 0 Å². The molecule has 1 N–H and O–H groups in total. The van der Waals surface area contributed by atoms with Crippen molar-refractivity contribution in [2.24, 2.45) is 9.98 Å². The number of rotatable bonds is 5. The Labute approximate surface area is 254 Å². The molecule has 4 saturated carbocycles. The number of aliphatic imine (C=N–C) groups is 2. The minimum Gasteiger partial charge on any atom is -0.295 e. The Balaban J connectivity index is -0.000000464. The normalized spacial score (nSPS) is 20.0. The van der Waals surface area contributed by atoms with Crippen molar-refractivity contribution in [3.8, 4) is 0 Å². The van der Waals surface area contributed by atoms with Crippen LogP contribution in [0.2, 0.25) is 0 Å². The molecule has 0 bridgehead atoms. The number of alkyl halides is 3. The molecule has 4 rings (SSSR count). The number of nitrogens with zero attached hydrogens (tertiary/aromatic N) is 2. The van der Waals surface area contributed by atoms with E-state index in [1.54, 1.807) is 0 Å². The van der Waals surface area contributed by atoms with Crippen molar-refractivity contribution in [3.63, 3.8) is 0 Å². The predicted molar refractivity (Wildman–Crippen MR) is 128 cm³/mol. The predicted octanol–water partition coefficient (Wildman–Crippen LogP) is 4.37. The van der Waals surface area contributed by atoms with Gasteiger partial charge in [-0.25, -0.2) is 0 Å². The molecule has 0 spiro atoms. The van der Waals surface area contributed by atoms with Crippen LogP contribution in [0.15, 0.2) is 9.98 Å². The SMILES string of the molecule is O=S(=O)(O)C(F)(F)F.[CH]1[CH][CH][CH][CH]1.[CH]1[CH][CH][CH][CH]1.[CH]1[CH][CH][C](C=NCCN=C[C]2[CH][CH][CH][CH]2)[CH]1.[Cu].[Fe+2].[Fe+2]. The van der Waals surface area contributed by atoms with E-state index >= 15 is 0 Å². The summed E-state index contributed by atoms with van der Waals surface area (Å²) in [5, 5.41) is 0. The van der Waals surface area contributed by atoms with Gasteiger partial charge in [0.25, 0.3) is 0 Å². The smallest absolute Gasteiger partial charge is 0.295 e. The Bertz CT molecular complexity index is 613. The molecule has 0 aromatic carbocycles. The van der Waals surface area contributed by atoms with Crippen LogP contribution < -0.4 is 0 Å². The molecule has 4 aliphatic rings. The van der Waals surface area contributed by atoms with Gasteiger partial charge in [0.15, 0.2) is 0 Å². The first-order valence-electron chi connectivity index (χ1n) is 10.0. The largest absolute Gasteiger partial charge is 2.00 e. The zero-order valence-electron chi connectivity index (χ0n) is 19.2. The van der Waals surface area contributed by atoms with Crippen LogP contribution in [0, 0.1) is 127 Å². The fourth-order valence-corrected chi connectivity index (χ4v) is 2.05. The van der Waals surface area contributed by atoms with Crippen molar-refractivity contribution in [1.82, 2.24) is 0 Å². The maximum absolute atomic E-state index is 10.7. The summed E-state index contributed by atoms with van der Waals surface area (Å²) < 4.78 is 57.5. The molecule has 4 aliphatic carbocycles. The molecule has 0 heterocycles. The van der Waals surface area contributed by atoms with E-state index < -0.39 is 15.6 Å². The molecule has 0 saturated heterocycles. The molecular weight excluding hydrogens is 641 g/mol. The van der Waals surface area contributed by atoms with Gasteiger partial charge in [0.2, 0.25) is 0 Å². The standard InChI is InChI=1S/C14H14N2.2C5H5.CHF3O3S.Cu.2Fe/c1-2-6-13(5-1)11-15-9-10-16-12-14-7-3-4-8-14;2*1-2-4-5-3-1;2-1(3,4)8(5,6)7;;;/h1-8,11-12H,9-10H2;2*1-5H;(H,5,6,7);;;/q;;;;;2*+2. The first-order chi connectivity index (χ1) is 16.2. The first-order valence-corrected chi connectivity index (χ1v) is 11.4. The van der Waals surface area contributed by atoms with Crippen LogP contribution in [0.4, 0.5) is 13.2 Å². The van der Waals surface area contributed by atoms with Crippen LogP contribution in [0.3, 0.4) is 0 Å². The van der Waals surface area contributed by atoms with Gasteiger partial charge in [-0.2, -0.15) is 21.6 Å². The fraction of sp³-hybridized carbons (Fsp3) is 0.120. The Morgan fingerprint density at radius 1 is 0.622 bits per heavy atom. The molecule has 203 valence electrons. The van der Waals surface area contributed by atoms with Gasteiger partial charge in [0, 0.05) is 41.3 Å². The van der Waals surface area contributed by atoms with Crippen LogP contribution in [0.1, 0.15) is 0 Å². The third kappa shape index (κ3) is 24.1.